The number of carboxylic acids is 1. The molecule has 0 radical (unpaired) electrons. The summed E-state index contributed by atoms with van der Waals surface area (Å²) in [6.07, 6.45) is 4.23. The average Bonchev–Trinajstić information content (AvgIpc) is 3.40. The molecule has 9 heteroatoms. The van der Waals surface area contributed by atoms with Gasteiger partial charge >= 0.3 is 5.97 Å². The Hall–Kier alpha value is -3.62. The van der Waals surface area contributed by atoms with Crippen LogP contribution < -0.4 is 9.47 Å². The molecule has 0 saturated heterocycles. The number of methoxy groups -OCH3 is 2. The van der Waals surface area contributed by atoms with Crippen LogP contribution in [-0.4, -0.2) is 49.9 Å². The zero-order valence-electron chi connectivity index (χ0n) is 17.3. The van der Waals surface area contributed by atoms with Crippen LogP contribution in [-0.2, 0) is 4.79 Å². The first-order chi connectivity index (χ1) is 15.1. The number of imidazole rings is 1. The van der Waals surface area contributed by atoms with Crippen LogP contribution in [0.4, 0.5) is 0 Å². The summed E-state index contributed by atoms with van der Waals surface area (Å²) in [5.74, 6) is 1.11. The van der Waals surface area contributed by atoms with E-state index < -0.39 is 5.97 Å². The average molecular weight is 421 g/mol. The Morgan fingerprint density at radius 2 is 2.00 bits per heavy atom. The highest BCUT2D eigenvalue weighted by Gasteiger charge is 2.31. The van der Waals surface area contributed by atoms with Gasteiger partial charge in [0.1, 0.15) is 23.6 Å². The van der Waals surface area contributed by atoms with Gasteiger partial charge in [0.2, 0.25) is 5.88 Å². The van der Waals surface area contributed by atoms with Crippen molar-refractivity contribution in [2.45, 2.75) is 31.6 Å². The van der Waals surface area contributed by atoms with E-state index in [9.17, 15) is 9.90 Å². The number of carboxylic acid groups (broad SMARTS) is 1. The van der Waals surface area contributed by atoms with E-state index in [1.807, 2.05) is 24.3 Å². The lowest BCUT2D eigenvalue weighted by atomic mass is 9.82. The van der Waals surface area contributed by atoms with Gasteiger partial charge in [-0.25, -0.2) is 9.50 Å². The molecule has 2 N–H and O–H groups in total. The smallest absolute Gasteiger partial charge is 0.306 e. The SMILES string of the molecule is COc1cccc2cc(-c3nc(C4CCC(C(=O)O)CC4)n4ncnc(OC)c34)[nH]c12. The first kappa shape index (κ1) is 19.3. The summed E-state index contributed by atoms with van der Waals surface area (Å²) in [5, 5.41) is 14.8. The van der Waals surface area contributed by atoms with E-state index in [1.54, 1.807) is 18.7 Å². The van der Waals surface area contributed by atoms with Gasteiger partial charge in [-0.05, 0) is 37.8 Å². The minimum atomic E-state index is -0.719. The van der Waals surface area contributed by atoms with E-state index >= 15 is 0 Å². The van der Waals surface area contributed by atoms with E-state index in [0.717, 1.165) is 41.0 Å². The van der Waals surface area contributed by atoms with Crippen molar-refractivity contribution >= 4 is 22.4 Å². The van der Waals surface area contributed by atoms with E-state index in [0.29, 0.717) is 29.9 Å². The van der Waals surface area contributed by atoms with Crippen molar-refractivity contribution in [3.8, 4) is 23.0 Å². The Morgan fingerprint density at radius 3 is 2.71 bits per heavy atom. The van der Waals surface area contributed by atoms with Crippen molar-refractivity contribution in [2.75, 3.05) is 14.2 Å². The number of rotatable bonds is 5. The molecule has 5 rings (SSSR count). The van der Waals surface area contributed by atoms with E-state index in [4.69, 9.17) is 14.5 Å². The van der Waals surface area contributed by atoms with E-state index in [1.165, 1.54) is 6.33 Å². The Labute approximate surface area is 178 Å². The van der Waals surface area contributed by atoms with Crippen LogP contribution in [0, 0.1) is 5.92 Å². The van der Waals surface area contributed by atoms with Crippen molar-refractivity contribution in [1.29, 1.82) is 0 Å². The van der Waals surface area contributed by atoms with Gasteiger partial charge in [-0.15, -0.1) is 0 Å². The number of nitrogens with zero attached hydrogens (tertiary/aromatic N) is 4. The van der Waals surface area contributed by atoms with Crippen molar-refractivity contribution < 1.29 is 19.4 Å². The number of H-pyrrole nitrogens is 1. The maximum atomic E-state index is 11.3. The summed E-state index contributed by atoms with van der Waals surface area (Å²) in [5.41, 5.74) is 3.09. The van der Waals surface area contributed by atoms with Crippen LogP contribution in [0.2, 0.25) is 0 Å². The van der Waals surface area contributed by atoms with Crippen LogP contribution in [0.3, 0.4) is 0 Å². The minimum Gasteiger partial charge on any atom is -0.495 e. The molecule has 3 aromatic heterocycles. The molecule has 3 heterocycles. The number of benzene rings is 1. The second-order valence-electron chi connectivity index (χ2n) is 7.84. The quantitative estimate of drug-likeness (QED) is 0.505. The summed E-state index contributed by atoms with van der Waals surface area (Å²) >= 11 is 0. The molecular formula is C22H23N5O4. The standard InChI is InChI=1S/C22H23N5O4/c1-30-16-5-3-4-14-10-15(25-17(14)16)18-19-21(31-2)23-11-24-27(19)20(26-18)12-6-8-13(9-7-12)22(28)29/h3-5,10-13,25H,6-9H2,1-2H3,(H,28,29). The van der Waals surface area contributed by atoms with Gasteiger partial charge in [0.05, 0.1) is 31.3 Å². The molecular weight excluding hydrogens is 398 g/mol. The first-order valence-corrected chi connectivity index (χ1v) is 10.3. The zero-order valence-corrected chi connectivity index (χ0v) is 17.3. The molecule has 0 unspecified atom stereocenters. The maximum Gasteiger partial charge on any atom is 0.306 e. The molecule has 31 heavy (non-hydrogen) atoms. The third-order valence-electron chi connectivity index (χ3n) is 6.15. The number of ether oxygens (including phenoxy) is 2. The number of carbonyl (C=O) groups is 1. The molecule has 0 bridgehead atoms. The molecule has 1 aliphatic carbocycles. The molecule has 4 aromatic rings. The fraction of sp³-hybridized carbons (Fsp3) is 0.364. The van der Waals surface area contributed by atoms with Gasteiger partial charge in [0.15, 0.2) is 5.52 Å². The summed E-state index contributed by atoms with van der Waals surface area (Å²) in [4.78, 5) is 24.0. The topological polar surface area (TPSA) is 115 Å². The maximum absolute atomic E-state index is 11.3. The van der Waals surface area contributed by atoms with Gasteiger partial charge in [-0.1, -0.05) is 12.1 Å². The predicted octanol–water partition coefficient (Wildman–Crippen LogP) is 3.65. The van der Waals surface area contributed by atoms with Crippen LogP contribution in [0.5, 0.6) is 11.6 Å². The van der Waals surface area contributed by atoms with E-state index in [2.05, 4.69) is 15.1 Å². The van der Waals surface area contributed by atoms with Crippen LogP contribution in [0.1, 0.15) is 37.4 Å². The molecule has 9 nitrogen and oxygen atoms in total. The fourth-order valence-corrected chi connectivity index (χ4v) is 4.56. The van der Waals surface area contributed by atoms with Crippen LogP contribution in [0.25, 0.3) is 27.8 Å². The van der Waals surface area contributed by atoms with Crippen molar-refractivity contribution in [3.63, 3.8) is 0 Å². The Kier molecular flexibility index (Phi) is 4.72. The number of aliphatic carboxylic acids is 1. The number of para-hydroxylation sites is 1. The number of fused-ring (bicyclic) bond motifs is 2. The molecule has 0 spiro atoms. The first-order valence-electron chi connectivity index (χ1n) is 10.3. The largest absolute Gasteiger partial charge is 0.495 e. The molecule has 0 amide bonds. The Bertz CT molecular complexity index is 1270. The zero-order chi connectivity index (χ0) is 21.5. The number of hydrogen-bond acceptors (Lipinski definition) is 6. The second-order valence-corrected chi connectivity index (χ2v) is 7.84. The Balaban J connectivity index is 1.65. The summed E-state index contributed by atoms with van der Waals surface area (Å²) in [6.45, 7) is 0. The molecule has 0 aliphatic heterocycles. The monoisotopic (exact) mass is 421 g/mol. The minimum absolute atomic E-state index is 0.121. The number of nitrogens with one attached hydrogen (secondary N) is 1. The van der Waals surface area contributed by atoms with E-state index in [-0.39, 0.29) is 11.8 Å². The van der Waals surface area contributed by atoms with Gasteiger partial charge in [0, 0.05) is 11.3 Å². The molecule has 1 saturated carbocycles. The summed E-state index contributed by atoms with van der Waals surface area (Å²) in [6, 6.07) is 7.89. The highest BCUT2D eigenvalue weighted by atomic mass is 16.5. The Morgan fingerprint density at radius 1 is 1.19 bits per heavy atom. The number of hydrogen-bond donors (Lipinski definition) is 2. The highest BCUT2D eigenvalue weighted by Crippen LogP contribution is 2.39. The lowest BCUT2D eigenvalue weighted by molar-refractivity contribution is -0.142. The number of aromatic nitrogens is 5. The molecule has 1 aromatic carbocycles. The third-order valence-corrected chi connectivity index (χ3v) is 6.15. The van der Waals surface area contributed by atoms with Crippen molar-refractivity contribution in [1.82, 2.24) is 24.6 Å². The third kappa shape index (κ3) is 3.17. The van der Waals surface area contributed by atoms with Crippen LogP contribution in [0.15, 0.2) is 30.6 Å². The fourth-order valence-electron chi connectivity index (χ4n) is 4.56. The second kappa shape index (κ2) is 7.57. The van der Waals surface area contributed by atoms with Gasteiger partial charge < -0.3 is 19.6 Å². The normalized spacial score (nSPS) is 19.0. The summed E-state index contributed by atoms with van der Waals surface area (Å²) < 4.78 is 12.8. The van der Waals surface area contributed by atoms with Crippen molar-refractivity contribution in [3.05, 3.63) is 36.4 Å². The molecule has 0 atom stereocenters. The van der Waals surface area contributed by atoms with Gasteiger partial charge in [-0.2, -0.15) is 10.1 Å². The summed E-state index contributed by atoms with van der Waals surface area (Å²) in [7, 11) is 3.22. The van der Waals surface area contributed by atoms with Gasteiger partial charge in [0.25, 0.3) is 0 Å². The lowest BCUT2D eigenvalue weighted by Gasteiger charge is -2.24. The molecule has 1 fully saturated rings. The predicted molar refractivity (Wildman–Crippen MR) is 114 cm³/mol. The number of aromatic amines is 1. The highest BCUT2D eigenvalue weighted by molar-refractivity contribution is 5.92. The molecule has 160 valence electrons. The van der Waals surface area contributed by atoms with Crippen molar-refractivity contribution in [2.24, 2.45) is 5.92 Å². The molecule has 1 aliphatic rings. The van der Waals surface area contributed by atoms with Gasteiger partial charge in [-0.3, -0.25) is 4.79 Å². The van der Waals surface area contributed by atoms with Crippen LogP contribution >= 0.6 is 0 Å². The lowest BCUT2D eigenvalue weighted by Crippen LogP contribution is -2.21.